The molecule has 0 radical (unpaired) electrons. The van der Waals surface area contributed by atoms with Gasteiger partial charge in [0.05, 0.1) is 24.3 Å². The maximum absolute atomic E-state index is 12.5. The molecule has 6 rings (SSSR count). The fraction of sp³-hybridized carbons (Fsp3) is 0.484. The van der Waals surface area contributed by atoms with Gasteiger partial charge in [-0.25, -0.2) is 14.6 Å². The van der Waals surface area contributed by atoms with Gasteiger partial charge in [-0.2, -0.15) is 0 Å². The molecule has 9 nitrogen and oxygen atoms in total. The molecule has 2 aromatic heterocycles. The first-order valence-corrected chi connectivity index (χ1v) is 14.1. The number of hydrogen-bond acceptors (Lipinski definition) is 7. The number of rotatable bonds is 3. The first kappa shape index (κ1) is 26.3. The van der Waals surface area contributed by atoms with Crippen LogP contribution in [0.1, 0.15) is 45.4 Å². The molecule has 208 valence electrons. The molecule has 3 aromatic rings. The summed E-state index contributed by atoms with van der Waals surface area (Å²) in [7, 11) is 0. The van der Waals surface area contributed by atoms with Crippen molar-refractivity contribution in [2.45, 2.75) is 70.9 Å². The van der Waals surface area contributed by atoms with Crippen LogP contribution >= 0.6 is 0 Å². The molecule has 3 aliphatic rings. The number of anilines is 1. The zero-order valence-electron chi connectivity index (χ0n) is 23.6. The molecule has 1 aromatic carbocycles. The van der Waals surface area contributed by atoms with E-state index in [9.17, 15) is 4.79 Å². The van der Waals surface area contributed by atoms with Crippen molar-refractivity contribution < 1.29 is 14.3 Å². The summed E-state index contributed by atoms with van der Waals surface area (Å²) >= 11 is 0. The SMILES string of the molecule is [C-]#[N+]c1ccc(N2C[C@@H]3CC(Oc4ccc5c(n4)CCN(C(=O)OC(C)(C)C)C5)CN3[C@H](C)C2)c2cccnc12. The van der Waals surface area contributed by atoms with E-state index >= 15 is 0 Å². The van der Waals surface area contributed by atoms with Crippen LogP contribution in [-0.2, 0) is 17.7 Å². The Morgan fingerprint density at radius 1 is 1.12 bits per heavy atom. The number of benzene rings is 1. The van der Waals surface area contributed by atoms with Gasteiger partial charge in [-0.3, -0.25) is 9.88 Å². The van der Waals surface area contributed by atoms with Crippen molar-refractivity contribution in [1.29, 1.82) is 0 Å². The van der Waals surface area contributed by atoms with Crippen molar-refractivity contribution in [1.82, 2.24) is 19.8 Å². The summed E-state index contributed by atoms with van der Waals surface area (Å²) in [6.45, 7) is 19.2. The summed E-state index contributed by atoms with van der Waals surface area (Å²) in [5, 5.41) is 1.03. The highest BCUT2D eigenvalue weighted by molar-refractivity contribution is 5.99. The van der Waals surface area contributed by atoms with Gasteiger partial charge in [-0.1, -0.05) is 18.2 Å². The zero-order chi connectivity index (χ0) is 28.0. The van der Waals surface area contributed by atoms with E-state index in [1.165, 1.54) is 0 Å². The number of carbonyl (C=O) groups is 1. The number of hydrogen-bond donors (Lipinski definition) is 0. The number of nitrogens with zero attached hydrogens (tertiary/aromatic N) is 6. The zero-order valence-corrected chi connectivity index (χ0v) is 23.6. The van der Waals surface area contributed by atoms with E-state index < -0.39 is 5.60 Å². The number of pyridine rings is 2. The molecule has 0 bridgehead atoms. The molecule has 40 heavy (non-hydrogen) atoms. The molecular weight excluding hydrogens is 504 g/mol. The number of piperazine rings is 1. The highest BCUT2D eigenvalue weighted by atomic mass is 16.6. The van der Waals surface area contributed by atoms with E-state index in [0.717, 1.165) is 53.9 Å². The van der Waals surface area contributed by atoms with Gasteiger partial charge < -0.3 is 19.3 Å². The third kappa shape index (κ3) is 5.16. The smallest absolute Gasteiger partial charge is 0.410 e. The lowest BCUT2D eigenvalue weighted by Gasteiger charge is -2.43. The van der Waals surface area contributed by atoms with Gasteiger partial charge in [0.1, 0.15) is 11.7 Å². The molecule has 2 saturated heterocycles. The molecule has 0 saturated carbocycles. The third-order valence-corrected chi connectivity index (χ3v) is 8.05. The van der Waals surface area contributed by atoms with Crippen molar-refractivity contribution in [3.8, 4) is 5.88 Å². The van der Waals surface area contributed by atoms with Gasteiger partial charge in [0, 0.05) is 74.4 Å². The number of amides is 1. The summed E-state index contributed by atoms with van der Waals surface area (Å²) in [5.74, 6) is 0.658. The van der Waals surface area contributed by atoms with Crippen LogP contribution in [0.4, 0.5) is 16.2 Å². The Balaban J connectivity index is 1.12. The van der Waals surface area contributed by atoms with Gasteiger partial charge in [-0.05, 0) is 45.4 Å². The molecule has 1 unspecified atom stereocenters. The first-order valence-electron chi connectivity index (χ1n) is 14.1. The fourth-order valence-corrected chi connectivity index (χ4v) is 6.28. The van der Waals surface area contributed by atoms with Gasteiger partial charge in [0.15, 0.2) is 0 Å². The number of ether oxygens (including phenoxy) is 2. The molecular formula is C31H36N6O3. The normalized spacial score (nSPS) is 22.9. The quantitative estimate of drug-likeness (QED) is 0.423. The standard InChI is InChI=1S/C31H36N6O3/c1-20-16-36(27-10-9-26(32-5)29-24(27)7-6-13-33-29)18-22-15-23(19-37(20)22)39-28-11-8-21-17-35(14-12-25(21)34-28)30(38)40-31(2,3)4/h6-11,13,20,22-23H,12,14-19H2,1-4H3/t20-,22+,23?/m1/s1. The third-order valence-electron chi connectivity index (χ3n) is 8.05. The van der Waals surface area contributed by atoms with Crippen LogP contribution in [-0.4, -0.2) is 75.8 Å². The summed E-state index contributed by atoms with van der Waals surface area (Å²) in [5.41, 5.74) is 4.04. The van der Waals surface area contributed by atoms with Crippen molar-refractivity contribution in [3.05, 3.63) is 65.3 Å². The monoisotopic (exact) mass is 540 g/mol. The predicted molar refractivity (Wildman–Crippen MR) is 154 cm³/mol. The summed E-state index contributed by atoms with van der Waals surface area (Å²) in [6, 6.07) is 12.7. The number of aromatic nitrogens is 2. The second kappa shape index (κ2) is 10.3. The number of carbonyl (C=O) groups excluding carboxylic acids is 1. The van der Waals surface area contributed by atoms with E-state index in [1.807, 2.05) is 45.0 Å². The Kier molecular flexibility index (Phi) is 6.75. The molecule has 5 heterocycles. The van der Waals surface area contributed by atoms with E-state index in [1.54, 1.807) is 11.1 Å². The summed E-state index contributed by atoms with van der Waals surface area (Å²) < 4.78 is 12.0. The average molecular weight is 541 g/mol. The molecule has 2 fully saturated rings. The molecule has 0 N–H and O–H groups in total. The summed E-state index contributed by atoms with van der Waals surface area (Å²) in [4.78, 5) is 32.3. The van der Waals surface area contributed by atoms with Crippen LogP contribution in [0.3, 0.4) is 0 Å². The molecule has 1 amide bonds. The van der Waals surface area contributed by atoms with Gasteiger partial charge >= 0.3 is 6.09 Å². The Hall–Kier alpha value is -3.90. The minimum atomic E-state index is -0.510. The van der Waals surface area contributed by atoms with Gasteiger partial charge in [0.25, 0.3) is 0 Å². The Morgan fingerprint density at radius 2 is 1.98 bits per heavy atom. The topological polar surface area (TPSA) is 75.4 Å². The van der Waals surface area contributed by atoms with Gasteiger partial charge in [0.2, 0.25) is 11.6 Å². The van der Waals surface area contributed by atoms with Gasteiger partial charge in [-0.15, -0.1) is 0 Å². The second-order valence-electron chi connectivity index (χ2n) is 12.1. The minimum Gasteiger partial charge on any atom is -0.473 e. The van der Waals surface area contributed by atoms with Crippen molar-refractivity contribution in [3.63, 3.8) is 0 Å². The molecule has 3 atom stereocenters. The molecule has 3 aliphatic heterocycles. The van der Waals surface area contributed by atoms with Crippen LogP contribution < -0.4 is 9.64 Å². The lowest BCUT2D eigenvalue weighted by Crippen LogP contribution is -2.55. The van der Waals surface area contributed by atoms with E-state index in [-0.39, 0.29) is 12.2 Å². The minimum absolute atomic E-state index is 0.0719. The maximum Gasteiger partial charge on any atom is 0.410 e. The van der Waals surface area contributed by atoms with Crippen molar-refractivity contribution >= 4 is 28.4 Å². The van der Waals surface area contributed by atoms with Crippen molar-refractivity contribution in [2.24, 2.45) is 0 Å². The highest BCUT2D eigenvalue weighted by Gasteiger charge is 2.41. The fourth-order valence-electron chi connectivity index (χ4n) is 6.28. The Morgan fingerprint density at radius 3 is 2.77 bits per heavy atom. The highest BCUT2D eigenvalue weighted by Crippen LogP contribution is 2.36. The van der Waals surface area contributed by atoms with Crippen LogP contribution in [0.5, 0.6) is 5.88 Å². The number of fused-ring (bicyclic) bond motifs is 3. The van der Waals surface area contributed by atoms with E-state index in [2.05, 4.69) is 38.7 Å². The molecule has 9 heteroatoms. The lowest BCUT2D eigenvalue weighted by atomic mass is 10.0. The van der Waals surface area contributed by atoms with Crippen LogP contribution in [0, 0.1) is 6.57 Å². The summed E-state index contributed by atoms with van der Waals surface area (Å²) in [6.07, 6.45) is 3.17. The van der Waals surface area contributed by atoms with Crippen LogP contribution in [0.15, 0.2) is 42.6 Å². The first-order chi connectivity index (χ1) is 19.2. The van der Waals surface area contributed by atoms with E-state index in [4.69, 9.17) is 21.0 Å². The lowest BCUT2D eigenvalue weighted by molar-refractivity contribution is 0.0222. The second-order valence-corrected chi connectivity index (χ2v) is 12.1. The maximum atomic E-state index is 12.5. The Bertz CT molecular complexity index is 1480. The predicted octanol–water partition coefficient (Wildman–Crippen LogP) is 5.20. The van der Waals surface area contributed by atoms with Crippen LogP contribution in [0.25, 0.3) is 15.7 Å². The Labute approximate surface area is 235 Å². The molecule has 0 spiro atoms. The van der Waals surface area contributed by atoms with Crippen LogP contribution in [0.2, 0.25) is 0 Å². The largest absolute Gasteiger partial charge is 0.473 e. The van der Waals surface area contributed by atoms with Crippen molar-refractivity contribution in [2.75, 3.05) is 31.1 Å². The molecule has 0 aliphatic carbocycles. The average Bonchev–Trinajstić information content (AvgIpc) is 3.34. The van der Waals surface area contributed by atoms with E-state index in [0.29, 0.717) is 43.2 Å².